The number of nitrogens with zero attached hydrogens (tertiary/aromatic N) is 2. The fraction of sp³-hybridized carbons (Fsp3) is 0.462. The number of hydrogen-bond donors (Lipinski definition) is 0. The van der Waals surface area contributed by atoms with Crippen molar-refractivity contribution in [1.29, 1.82) is 0 Å². The van der Waals surface area contributed by atoms with Crippen molar-refractivity contribution in [2.45, 2.75) is 25.4 Å². The molecule has 20 heavy (non-hydrogen) atoms. The summed E-state index contributed by atoms with van der Waals surface area (Å²) >= 11 is 3.23. The van der Waals surface area contributed by atoms with E-state index in [9.17, 15) is 14.9 Å². The number of nitro groups is 1. The van der Waals surface area contributed by atoms with Gasteiger partial charge in [0.2, 0.25) is 0 Å². The Labute approximate surface area is 124 Å². The maximum Gasteiger partial charge on any atom is 0.276 e. The van der Waals surface area contributed by atoms with Gasteiger partial charge in [-0.3, -0.25) is 14.9 Å². The van der Waals surface area contributed by atoms with Gasteiger partial charge in [0.15, 0.2) is 0 Å². The standard InChI is InChI=1S/C13H13BrN2O4/c14-8-5-10-11(12(6-8)16(18)19)7-15(13(10)17)9-1-3-20-4-2-9/h5-6,9H,1-4,7H2. The van der Waals surface area contributed by atoms with E-state index in [2.05, 4.69) is 15.9 Å². The SMILES string of the molecule is O=C1c2cc(Br)cc([N+](=O)[O-])c2CN1C1CCOCC1. The van der Waals surface area contributed by atoms with Crippen molar-refractivity contribution in [3.63, 3.8) is 0 Å². The average molecular weight is 341 g/mol. The van der Waals surface area contributed by atoms with Gasteiger partial charge in [0.25, 0.3) is 11.6 Å². The number of carbonyl (C=O) groups is 1. The maximum absolute atomic E-state index is 12.5. The van der Waals surface area contributed by atoms with Crippen LogP contribution in [0.2, 0.25) is 0 Å². The Morgan fingerprint density at radius 3 is 2.70 bits per heavy atom. The van der Waals surface area contributed by atoms with E-state index in [4.69, 9.17) is 4.74 Å². The van der Waals surface area contributed by atoms with Crippen LogP contribution in [0, 0.1) is 10.1 Å². The summed E-state index contributed by atoms with van der Waals surface area (Å²) in [4.78, 5) is 24.9. The number of fused-ring (bicyclic) bond motifs is 1. The van der Waals surface area contributed by atoms with E-state index in [1.54, 1.807) is 11.0 Å². The van der Waals surface area contributed by atoms with E-state index in [-0.39, 0.29) is 17.6 Å². The number of hydrogen-bond acceptors (Lipinski definition) is 4. The normalized spacial score (nSPS) is 19.2. The Balaban J connectivity index is 1.97. The molecule has 0 aromatic heterocycles. The minimum Gasteiger partial charge on any atom is -0.381 e. The third-order valence-corrected chi connectivity index (χ3v) is 4.30. The first-order valence-corrected chi connectivity index (χ1v) is 7.22. The quantitative estimate of drug-likeness (QED) is 0.612. The fourth-order valence-electron chi connectivity index (χ4n) is 2.83. The summed E-state index contributed by atoms with van der Waals surface area (Å²) in [5, 5.41) is 11.1. The van der Waals surface area contributed by atoms with E-state index < -0.39 is 4.92 Å². The number of nitro benzene ring substituents is 1. The largest absolute Gasteiger partial charge is 0.381 e. The molecule has 0 unspecified atom stereocenters. The Bertz CT molecular complexity index is 584. The lowest BCUT2D eigenvalue weighted by atomic mass is 10.1. The minimum absolute atomic E-state index is 0.0114. The first-order valence-electron chi connectivity index (χ1n) is 6.43. The highest BCUT2D eigenvalue weighted by Gasteiger charge is 2.37. The first-order chi connectivity index (χ1) is 9.58. The van der Waals surface area contributed by atoms with Crippen LogP contribution in [0.1, 0.15) is 28.8 Å². The van der Waals surface area contributed by atoms with Crippen LogP contribution in [0.5, 0.6) is 0 Å². The number of amides is 1. The van der Waals surface area contributed by atoms with Crippen molar-refractivity contribution in [2.24, 2.45) is 0 Å². The van der Waals surface area contributed by atoms with Crippen LogP contribution in [-0.2, 0) is 11.3 Å². The van der Waals surface area contributed by atoms with Crippen molar-refractivity contribution in [3.05, 3.63) is 37.8 Å². The Morgan fingerprint density at radius 2 is 2.05 bits per heavy atom. The summed E-state index contributed by atoms with van der Waals surface area (Å²) in [6.45, 7) is 1.59. The van der Waals surface area contributed by atoms with E-state index in [0.717, 1.165) is 12.8 Å². The second kappa shape index (κ2) is 5.14. The predicted octanol–water partition coefficient (Wildman–Crippen LogP) is 2.49. The van der Waals surface area contributed by atoms with E-state index in [0.29, 0.717) is 35.4 Å². The lowest BCUT2D eigenvalue weighted by molar-refractivity contribution is -0.385. The molecule has 2 aliphatic heterocycles. The van der Waals surface area contributed by atoms with Gasteiger partial charge >= 0.3 is 0 Å². The van der Waals surface area contributed by atoms with Crippen LogP contribution >= 0.6 is 15.9 Å². The molecule has 1 aromatic carbocycles. The van der Waals surface area contributed by atoms with Crippen molar-refractivity contribution in [2.75, 3.05) is 13.2 Å². The maximum atomic E-state index is 12.5. The molecule has 106 valence electrons. The van der Waals surface area contributed by atoms with Gasteiger partial charge in [0.1, 0.15) is 0 Å². The van der Waals surface area contributed by atoms with Gasteiger partial charge in [0, 0.05) is 29.8 Å². The lowest BCUT2D eigenvalue weighted by Gasteiger charge is -2.30. The second-order valence-electron chi connectivity index (χ2n) is 4.98. The Morgan fingerprint density at radius 1 is 1.35 bits per heavy atom. The molecular formula is C13H13BrN2O4. The highest BCUT2D eigenvalue weighted by molar-refractivity contribution is 9.10. The van der Waals surface area contributed by atoms with Crippen molar-refractivity contribution in [1.82, 2.24) is 4.90 Å². The molecule has 1 fully saturated rings. The van der Waals surface area contributed by atoms with Gasteiger partial charge < -0.3 is 9.64 Å². The van der Waals surface area contributed by atoms with Crippen LogP contribution in [0.25, 0.3) is 0 Å². The molecular weight excluding hydrogens is 328 g/mol. The number of carbonyl (C=O) groups excluding carboxylic acids is 1. The summed E-state index contributed by atoms with van der Waals surface area (Å²) in [6.07, 6.45) is 1.57. The molecule has 0 N–H and O–H groups in total. The average Bonchev–Trinajstić information content (AvgIpc) is 2.76. The number of halogens is 1. The van der Waals surface area contributed by atoms with Gasteiger partial charge in [0.05, 0.1) is 22.6 Å². The molecule has 0 bridgehead atoms. The molecule has 0 spiro atoms. The summed E-state index contributed by atoms with van der Waals surface area (Å²) in [6, 6.07) is 3.24. The van der Waals surface area contributed by atoms with Crippen LogP contribution < -0.4 is 0 Å². The summed E-state index contributed by atoms with van der Waals surface area (Å²) < 4.78 is 5.86. The van der Waals surface area contributed by atoms with Crippen molar-refractivity contribution >= 4 is 27.5 Å². The van der Waals surface area contributed by atoms with Gasteiger partial charge in [-0.15, -0.1) is 0 Å². The minimum atomic E-state index is -0.426. The van der Waals surface area contributed by atoms with Crippen molar-refractivity contribution < 1.29 is 14.5 Å². The van der Waals surface area contributed by atoms with Crippen LogP contribution in [0.3, 0.4) is 0 Å². The van der Waals surface area contributed by atoms with E-state index in [1.165, 1.54) is 6.07 Å². The topological polar surface area (TPSA) is 72.7 Å². The molecule has 0 saturated carbocycles. The molecule has 7 heteroatoms. The van der Waals surface area contributed by atoms with E-state index in [1.807, 2.05) is 0 Å². The number of benzene rings is 1. The van der Waals surface area contributed by atoms with Gasteiger partial charge in [-0.05, 0) is 18.9 Å². The second-order valence-corrected chi connectivity index (χ2v) is 5.90. The van der Waals surface area contributed by atoms with Gasteiger partial charge in [-0.2, -0.15) is 0 Å². The van der Waals surface area contributed by atoms with Crippen LogP contribution in [-0.4, -0.2) is 35.0 Å². The molecule has 0 aliphatic carbocycles. The smallest absolute Gasteiger partial charge is 0.276 e. The molecule has 3 rings (SSSR count). The molecule has 0 radical (unpaired) electrons. The first kappa shape index (κ1) is 13.5. The molecule has 0 atom stereocenters. The fourth-order valence-corrected chi connectivity index (χ4v) is 3.28. The van der Waals surface area contributed by atoms with E-state index >= 15 is 0 Å². The third kappa shape index (κ3) is 2.20. The zero-order valence-electron chi connectivity index (χ0n) is 10.7. The Kier molecular flexibility index (Phi) is 3.47. The summed E-state index contributed by atoms with van der Waals surface area (Å²) in [5.41, 5.74) is 0.976. The van der Waals surface area contributed by atoms with Crippen molar-refractivity contribution in [3.8, 4) is 0 Å². The van der Waals surface area contributed by atoms with Crippen LogP contribution in [0.15, 0.2) is 16.6 Å². The third-order valence-electron chi connectivity index (χ3n) is 3.84. The van der Waals surface area contributed by atoms with Gasteiger partial charge in [-0.1, -0.05) is 15.9 Å². The lowest BCUT2D eigenvalue weighted by Crippen LogP contribution is -2.39. The molecule has 1 amide bonds. The summed E-state index contributed by atoms with van der Waals surface area (Å²) in [7, 11) is 0. The Hall–Kier alpha value is -1.47. The summed E-state index contributed by atoms with van der Waals surface area (Å²) in [5.74, 6) is -0.115. The zero-order chi connectivity index (χ0) is 14.3. The van der Waals surface area contributed by atoms with Gasteiger partial charge in [-0.25, -0.2) is 0 Å². The molecule has 2 heterocycles. The predicted molar refractivity (Wildman–Crippen MR) is 74.5 cm³/mol. The zero-order valence-corrected chi connectivity index (χ0v) is 12.3. The molecule has 1 saturated heterocycles. The highest BCUT2D eigenvalue weighted by Crippen LogP contribution is 2.36. The monoisotopic (exact) mass is 340 g/mol. The molecule has 1 aromatic rings. The molecule has 2 aliphatic rings. The number of rotatable bonds is 2. The molecule has 6 nitrogen and oxygen atoms in total. The number of ether oxygens (including phenoxy) is 1. The van der Waals surface area contributed by atoms with Crippen LogP contribution in [0.4, 0.5) is 5.69 Å². The highest BCUT2D eigenvalue weighted by atomic mass is 79.9.